The first-order valence-electron chi connectivity index (χ1n) is 7.90. The number of hydrogen-bond acceptors (Lipinski definition) is 3. The van der Waals surface area contributed by atoms with Crippen LogP contribution in [0.1, 0.15) is 44.9 Å². The number of aliphatic carboxylic acids is 1. The number of carboxylic acids is 1. The topological polar surface area (TPSA) is 60.9 Å². The summed E-state index contributed by atoms with van der Waals surface area (Å²) in [5, 5.41) is 8.69. The van der Waals surface area contributed by atoms with Gasteiger partial charge in [-0.05, 0) is 12.8 Å². The number of nitrogens with zero attached hydrogens (tertiary/aromatic N) is 2. The Morgan fingerprint density at radius 3 is 2.10 bits per heavy atom. The summed E-state index contributed by atoms with van der Waals surface area (Å²) in [5.41, 5.74) is 0. The number of carbonyl (C=O) groups is 2. The van der Waals surface area contributed by atoms with Gasteiger partial charge in [0.15, 0.2) is 0 Å². The molecule has 0 unspecified atom stereocenters. The second kappa shape index (κ2) is 7.62. The Bertz CT molecular complexity index is 330. The fraction of sp³-hybridized carbons (Fsp3) is 0.867. The first kappa shape index (κ1) is 15.3. The van der Waals surface area contributed by atoms with Gasteiger partial charge in [-0.25, -0.2) is 0 Å². The molecule has 114 valence electrons. The van der Waals surface area contributed by atoms with Crippen LogP contribution in [-0.2, 0) is 9.59 Å². The summed E-state index contributed by atoms with van der Waals surface area (Å²) in [7, 11) is 0. The number of amides is 1. The molecular weight excluding hydrogens is 256 g/mol. The maximum atomic E-state index is 12.5. The highest BCUT2D eigenvalue weighted by atomic mass is 16.4. The maximum Gasteiger partial charge on any atom is 0.304 e. The van der Waals surface area contributed by atoms with Crippen LogP contribution < -0.4 is 0 Å². The first-order chi connectivity index (χ1) is 9.66. The van der Waals surface area contributed by atoms with Crippen molar-refractivity contribution in [3.63, 3.8) is 0 Å². The Kier molecular flexibility index (Phi) is 5.83. The largest absolute Gasteiger partial charge is 0.481 e. The van der Waals surface area contributed by atoms with Gasteiger partial charge in [-0.1, -0.05) is 25.7 Å². The van der Waals surface area contributed by atoms with E-state index in [0.29, 0.717) is 12.5 Å². The highest BCUT2D eigenvalue weighted by Gasteiger charge is 2.27. The Labute approximate surface area is 120 Å². The molecule has 1 heterocycles. The quantitative estimate of drug-likeness (QED) is 0.795. The highest BCUT2D eigenvalue weighted by molar-refractivity contribution is 5.79. The molecule has 5 heteroatoms. The molecule has 2 rings (SSSR count). The van der Waals surface area contributed by atoms with Gasteiger partial charge >= 0.3 is 5.97 Å². The van der Waals surface area contributed by atoms with Crippen molar-refractivity contribution in [1.82, 2.24) is 9.80 Å². The van der Waals surface area contributed by atoms with Gasteiger partial charge in [0.1, 0.15) is 0 Å². The Morgan fingerprint density at radius 2 is 1.55 bits per heavy atom. The predicted molar refractivity (Wildman–Crippen MR) is 76.5 cm³/mol. The molecular formula is C15H26N2O3. The van der Waals surface area contributed by atoms with Crippen LogP contribution in [0.25, 0.3) is 0 Å². The van der Waals surface area contributed by atoms with Crippen molar-refractivity contribution in [2.75, 3.05) is 32.7 Å². The van der Waals surface area contributed by atoms with Gasteiger partial charge in [0.2, 0.25) is 5.91 Å². The second-order valence-electron chi connectivity index (χ2n) is 6.00. The molecule has 0 aromatic carbocycles. The van der Waals surface area contributed by atoms with Crippen LogP contribution in [0.5, 0.6) is 0 Å². The molecule has 20 heavy (non-hydrogen) atoms. The molecule has 0 aromatic heterocycles. The van der Waals surface area contributed by atoms with Gasteiger partial charge in [-0.2, -0.15) is 0 Å². The molecule has 2 aliphatic rings. The molecule has 1 aliphatic carbocycles. The lowest BCUT2D eigenvalue weighted by atomic mass is 9.98. The zero-order valence-electron chi connectivity index (χ0n) is 12.2. The molecule has 0 aromatic rings. The molecule has 0 atom stereocenters. The molecule has 1 aliphatic heterocycles. The average molecular weight is 282 g/mol. The van der Waals surface area contributed by atoms with Crippen LogP contribution >= 0.6 is 0 Å². The van der Waals surface area contributed by atoms with Crippen molar-refractivity contribution >= 4 is 11.9 Å². The number of carbonyl (C=O) groups excluding carboxylic acids is 1. The second-order valence-corrected chi connectivity index (χ2v) is 6.00. The normalized spacial score (nSPS) is 22.5. The molecule has 2 fully saturated rings. The van der Waals surface area contributed by atoms with E-state index in [0.717, 1.165) is 39.0 Å². The minimum absolute atomic E-state index is 0.191. The zero-order chi connectivity index (χ0) is 14.4. The fourth-order valence-corrected chi connectivity index (χ4v) is 3.23. The first-order valence-corrected chi connectivity index (χ1v) is 7.90. The summed E-state index contributed by atoms with van der Waals surface area (Å²) < 4.78 is 0. The lowest BCUT2D eigenvalue weighted by Gasteiger charge is -2.36. The minimum atomic E-state index is -0.748. The number of carboxylic acid groups (broad SMARTS) is 1. The molecule has 0 spiro atoms. The Morgan fingerprint density at radius 1 is 0.950 bits per heavy atom. The van der Waals surface area contributed by atoms with Crippen molar-refractivity contribution in [1.29, 1.82) is 0 Å². The molecule has 1 N–H and O–H groups in total. The minimum Gasteiger partial charge on any atom is -0.481 e. The van der Waals surface area contributed by atoms with Crippen LogP contribution in [0.4, 0.5) is 0 Å². The van der Waals surface area contributed by atoms with Gasteiger partial charge in [-0.15, -0.1) is 0 Å². The van der Waals surface area contributed by atoms with E-state index in [1.165, 1.54) is 25.7 Å². The van der Waals surface area contributed by atoms with Crippen molar-refractivity contribution in [2.24, 2.45) is 5.92 Å². The van der Waals surface area contributed by atoms with E-state index in [2.05, 4.69) is 4.90 Å². The van der Waals surface area contributed by atoms with E-state index in [-0.39, 0.29) is 12.3 Å². The van der Waals surface area contributed by atoms with Crippen molar-refractivity contribution in [3.8, 4) is 0 Å². The van der Waals surface area contributed by atoms with Crippen LogP contribution in [0.3, 0.4) is 0 Å². The molecule has 1 saturated carbocycles. The third kappa shape index (κ3) is 4.47. The van der Waals surface area contributed by atoms with E-state index in [1.807, 2.05) is 4.90 Å². The fourth-order valence-electron chi connectivity index (χ4n) is 3.23. The van der Waals surface area contributed by atoms with Crippen LogP contribution in [-0.4, -0.2) is 59.5 Å². The van der Waals surface area contributed by atoms with Crippen LogP contribution in [0.2, 0.25) is 0 Å². The summed E-state index contributed by atoms with van der Waals surface area (Å²) in [5.74, 6) is -0.171. The van der Waals surface area contributed by atoms with E-state index in [1.54, 1.807) is 0 Å². The van der Waals surface area contributed by atoms with Crippen LogP contribution in [0, 0.1) is 5.92 Å². The molecule has 1 amide bonds. The lowest BCUT2D eigenvalue weighted by Crippen LogP contribution is -2.50. The van der Waals surface area contributed by atoms with E-state index in [4.69, 9.17) is 5.11 Å². The monoisotopic (exact) mass is 282 g/mol. The van der Waals surface area contributed by atoms with Crippen molar-refractivity contribution in [2.45, 2.75) is 44.9 Å². The van der Waals surface area contributed by atoms with Gasteiger partial charge in [-0.3, -0.25) is 14.5 Å². The third-order valence-corrected chi connectivity index (χ3v) is 4.53. The SMILES string of the molecule is O=C(O)CCN1CCN(C(=O)C2CCCCCC2)CC1. The Balaban J connectivity index is 1.74. The number of rotatable bonds is 4. The van der Waals surface area contributed by atoms with Crippen LogP contribution in [0.15, 0.2) is 0 Å². The number of piperazine rings is 1. The third-order valence-electron chi connectivity index (χ3n) is 4.53. The molecule has 1 saturated heterocycles. The standard InChI is InChI=1S/C15H26N2O3/c18-14(19)7-8-16-9-11-17(12-10-16)15(20)13-5-3-1-2-4-6-13/h13H,1-12H2,(H,18,19). The van der Waals surface area contributed by atoms with Gasteiger partial charge in [0, 0.05) is 38.6 Å². The summed E-state index contributed by atoms with van der Waals surface area (Å²) in [4.78, 5) is 27.2. The van der Waals surface area contributed by atoms with Gasteiger partial charge < -0.3 is 10.0 Å². The van der Waals surface area contributed by atoms with Crippen molar-refractivity contribution in [3.05, 3.63) is 0 Å². The average Bonchev–Trinajstić information content (AvgIpc) is 2.74. The van der Waals surface area contributed by atoms with E-state index in [9.17, 15) is 9.59 Å². The summed E-state index contributed by atoms with van der Waals surface area (Å²) in [6.45, 7) is 3.74. The highest BCUT2D eigenvalue weighted by Crippen LogP contribution is 2.25. The Hall–Kier alpha value is -1.10. The van der Waals surface area contributed by atoms with E-state index < -0.39 is 5.97 Å². The smallest absolute Gasteiger partial charge is 0.304 e. The summed E-state index contributed by atoms with van der Waals surface area (Å²) in [6.07, 6.45) is 7.22. The summed E-state index contributed by atoms with van der Waals surface area (Å²) >= 11 is 0. The zero-order valence-corrected chi connectivity index (χ0v) is 12.2. The van der Waals surface area contributed by atoms with Gasteiger partial charge in [0.25, 0.3) is 0 Å². The summed E-state index contributed by atoms with van der Waals surface area (Å²) in [6, 6.07) is 0. The number of hydrogen-bond donors (Lipinski definition) is 1. The lowest BCUT2D eigenvalue weighted by molar-refractivity contribution is -0.140. The van der Waals surface area contributed by atoms with Crippen molar-refractivity contribution < 1.29 is 14.7 Å². The molecule has 0 radical (unpaired) electrons. The van der Waals surface area contributed by atoms with E-state index >= 15 is 0 Å². The molecule has 0 bridgehead atoms. The predicted octanol–water partition coefficient (Wildman–Crippen LogP) is 1.58. The molecule has 5 nitrogen and oxygen atoms in total. The maximum absolute atomic E-state index is 12.5. The van der Waals surface area contributed by atoms with Gasteiger partial charge in [0.05, 0.1) is 6.42 Å².